The minimum absolute atomic E-state index is 0. The predicted molar refractivity (Wildman–Crippen MR) is 57.3 cm³/mol. The molecule has 0 radical (unpaired) electrons. The Balaban J connectivity index is 0.00000196. The van der Waals surface area contributed by atoms with Crippen molar-refractivity contribution in [3.63, 3.8) is 0 Å². The first-order valence-electron chi connectivity index (χ1n) is 4.03. The van der Waals surface area contributed by atoms with Crippen LogP contribution >= 0.6 is 0 Å². The van der Waals surface area contributed by atoms with E-state index in [4.69, 9.17) is 18.4 Å². The molecule has 0 aliphatic carbocycles. The summed E-state index contributed by atoms with van der Waals surface area (Å²) in [7, 11) is -3.42. The summed E-state index contributed by atoms with van der Waals surface area (Å²) in [5.74, 6) is 0. The summed E-state index contributed by atoms with van der Waals surface area (Å²) in [6, 6.07) is 4.30. The van der Waals surface area contributed by atoms with Gasteiger partial charge in [0.05, 0.1) is 4.90 Å². The van der Waals surface area contributed by atoms with Gasteiger partial charge in [-0.3, -0.25) is 0 Å². The van der Waals surface area contributed by atoms with Gasteiger partial charge in [0, 0.05) is 12.2 Å². The molecule has 0 aliphatic heterocycles. The maximum absolute atomic E-state index is 11.5. The molecule has 0 saturated heterocycles. The van der Waals surface area contributed by atoms with Crippen LogP contribution in [0.4, 0.5) is 5.69 Å². The fourth-order valence-electron chi connectivity index (χ4n) is 0.955. The number of nitrogen functional groups attached to an aromatic ring is 1. The molecule has 0 bridgehead atoms. The SMILES string of the molecule is CCNS(=O)(=O)c1ccc(N)c([S-])c1.[Na+]. The quantitative estimate of drug-likeness (QED) is 0.355. The standard InChI is InChI=1S/C8H12N2O2S2.Na/c1-2-10-14(11,12)6-3-4-7(9)8(13)5-6;/h3-5,10,13H,2,9H2,1H3;/q;+1/p-1. The Bertz CT molecular complexity index is 434. The minimum atomic E-state index is -3.42. The van der Waals surface area contributed by atoms with Crippen molar-refractivity contribution in [1.29, 1.82) is 0 Å². The molecule has 4 nitrogen and oxygen atoms in total. The predicted octanol–water partition coefficient (Wildman–Crippen LogP) is -2.52. The second-order valence-corrected chi connectivity index (χ2v) is 4.91. The molecular weight excluding hydrogens is 243 g/mol. The van der Waals surface area contributed by atoms with Crippen LogP contribution in [0.25, 0.3) is 0 Å². The van der Waals surface area contributed by atoms with Crippen molar-refractivity contribution in [1.82, 2.24) is 4.72 Å². The Hall–Kier alpha value is 0.150. The number of sulfonamides is 1. The number of rotatable bonds is 3. The minimum Gasteiger partial charge on any atom is -0.778 e. The van der Waals surface area contributed by atoms with Gasteiger partial charge in [-0.05, 0) is 12.1 Å². The first-order valence-corrected chi connectivity index (χ1v) is 5.92. The van der Waals surface area contributed by atoms with Crippen molar-refractivity contribution in [3.05, 3.63) is 18.2 Å². The van der Waals surface area contributed by atoms with Gasteiger partial charge >= 0.3 is 29.6 Å². The summed E-state index contributed by atoms with van der Waals surface area (Å²) in [6.07, 6.45) is 0. The molecule has 0 unspecified atom stereocenters. The smallest absolute Gasteiger partial charge is 0.778 e. The Morgan fingerprint density at radius 1 is 1.47 bits per heavy atom. The molecule has 0 spiro atoms. The van der Waals surface area contributed by atoms with Crippen LogP contribution in [0.1, 0.15) is 6.92 Å². The Morgan fingerprint density at radius 3 is 2.53 bits per heavy atom. The summed E-state index contributed by atoms with van der Waals surface area (Å²) < 4.78 is 25.4. The van der Waals surface area contributed by atoms with E-state index in [1.54, 1.807) is 6.92 Å². The van der Waals surface area contributed by atoms with Crippen molar-refractivity contribution < 1.29 is 38.0 Å². The van der Waals surface area contributed by atoms with Crippen LogP contribution < -0.4 is 40.0 Å². The summed E-state index contributed by atoms with van der Waals surface area (Å²) in [4.78, 5) is 0.502. The second-order valence-electron chi connectivity index (χ2n) is 2.70. The zero-order chi connectivity index (χ0) is 10.8. The molecule has 0 saturated carbocycles. The fourth-order valence-corrected chi connectivity index (χ4v) is 2.29. The van der Waals surface area contributed by atoms with Crippen molar-refractivity contribution in [2.24, 2.45) is 0 Å². The van der Waals surface area contributed by atoms with Gasteiger partial charge in [0.2, 0.25) is 10.0 Å². The van der Waals surface area contributed by atoms with Gasteiger partial charge in [-0.25, -0.2) is 13.1 Å². The number of hydrogen-bond donors (Lipinski definition) is 2. The summed E-state index contributed by atoms with van der Waals surface area (Å²) in [5, 5.41) is 0. The van der Waals surface area contributed by atoms with E-state index in [0.717, 1.165) is 0 Å². The number of nitrogens with one attached hydrogen (secondary N) is 1. The average Bonchev–Trinajstić information content (AvgIpc) is 2.09. The van der Waals surface area contributed by atoms with Crippen molar-refractivity contribution >= 4 is 28.3 Å². The zero-order valence-electron chi connectivity index (χ0n) is 8.65. The molecular formula is C8H11N2NaO2S2. The van der Waals surface area contributed by atoms with Gasteiger partial charge in [-0.2, -0.15) is 4.90 Å². The summed E-state index contributed by atoms with van der Waals surface area (Å²) >= 11 is 4.88. The van der Waals surface area contributed by atoms with Gasteiger partial charge in [0.1, 0.15) is 0 Å². The number of hydrogen-bond acceptors (Lipinski definition) is 4. The van der Waals surface area contributed by atoms with E-state index in [1.807, 2.05) is 0 Å². The largest absolute Gasteiger partial charge is 1.00 e. The monoisotopic (exact) mass is 254 g/mol. The number of anilines is 1. The van der Waals surface area contributed by atoms with E-state index >= 15 is 0 Å². The zero-order valence-corrected chi connectivity index (χ0v) is 12.3. The number of benzene rings is 1. The van der Waals surface area contributed by atoms with Gasteiger partial charge in [0.25, 0.3) is 0 Å². The van der Waals surface area contributed by atoms with Gasteiger partial charge in [-0.1, -0.05) is 13.0 Å². The molecule has 0 heterocycles. The summed E-state index contributed by atoms with van der Waals surface area (Å²) in [6.45, 7) is 2.06. The van der Waals surface area contributed by atoms with Crippen molar-refractivity contribution in [3.8, 4) is 0 Å². The maximum atomic E-state index is 11.5. The Morgan fingerprint density at radius 2 is 2.07 bits per heavy atom. The molecule has 15 heavy (non-hydrogen) atoms. The van der Waals surface area contributed by atoms with E-state index in [0.29, 0.717) is 17.1 Å². The maximum Gasteiger partial charge on any atom is 1.00 e. The molecule has 78 valence electrons. The fraction of sp³-hybridized carbons (Fsp3) is 0.250. The second kappa shape index (κ2) is 6.03. The molecule has 0 atom stereocenters. The van der Waals surface area contributed by atoms with Crippen molar-refractivity contribution in [2.75, 3.05) is 12.3 Å². The van der Waals surface area contributed by atoms with Crippen LogP contribution in [0.2, 0.25) is 0 Å². The average molecular weight is 254 g/mol. The molecule has 1 aromatic rings. The van der Waals surface area contributed by atoms with Crippen LogP contribution in [0.3, 0.4) is 0 Å². The van der Waals surface area contributed by atoms with Crippen LogP contribution in [0, 0.1) is 0 Å². The first kappa shape index (κ1) is 15.2. The van der Waals surface area contributed by atoms with Crippen LogP contribution in [-0.2, 0) is 22.7 Å². The van der Waals surface area contributed by atoms with Crippen LogP contribution in [-0.4, -0.2) is 15.0 Å². The van der Waals surface area contributed by atoms with Crippen molar-refractivity contribution in [2.45, 2.75) is 16.7 Å². The van der Waals surface area contributed by atoms with E-state index in [2.05, 4.69) is 4.72 Å². The Kier molecular flexibility index (Phi) is 6.09. The Labute approximate surface area is 117 Å². The first-order chi connectivity index (χ1) is 6.47. The molecule has 1 aromatic carbocycles. The van der Waals surface area contributed by atoms with E-state index in [-0.39, 0.29) is 34.5 Å². The van der Waals surface area contributed by atoms with E-state index in [1.165, 1.54) is 18.2 Å². The van der Waals surface area contributed by atoms with Crippen LogP contribution in [0.15, 0.2) is 28.0 Å². The van der Waals surface area contributed by atoms with Gasteiger partial charge < -0.3 is 18.4 Å². The third kappa shape index (κ3) is 3.90. The topological polar surface area (TPSA) is 72.2 Å². The van der Waals surface area contributed by atoms with Crippen LogP contribution in [0.5, 0.6) is 0 Å². The normalized spacial score (nSPS) is 10.7. The third-order valence-electron chi connectivity index (χ3n) is 1.63. The van der Waals surface area contributed by atoms with E-state index in [9.17, 15) is 8.42 Å². The molecule has 7 heteroatoms. The molecule has 0 aliphatic rings. The molecule has 0 amide bonds. The third-order valence-corrected chi connectivity index (χ3v) is 3.53. The number of nitrogens with two attached hydrogens (primary N) is 1. The molecule has 3 N–H and O–H groups in total. The van der Waals surface area contributed by atoms with E-state index < -0.39 is 10.0 Å². The molecule has 1 rings (SSSR count). The summed E-state index contributed by atoms with van der Waals surface area (Å²) in [5.41, 5.74) is 5.90. The van der Waals surface area contributed by atoms with Gasteiger partial charge in [0.15, 0.2) is 0 Å². The van der Waals surface area contributed by atoms with Gasteiger partial charge in [-0.15, -0.1) is 0 Å². The molecule has 0 fully saturated rings. The molecule has 0 aromatic heterocycles.